The number of hydrogen-bond acceptors (Lipinski definition) is 3. The van der Waals surface area contributed by atoms with Gasteiger partial charge in [0.1, 0.15) is 5.82 Å². The fraction of sp³-hybridized carbons (Fsp3) is 0.125. The molecule has 4 heteroatoms. The van der Waals surface area contributed by atoms with Gasteiger partial charge in [-0.25, -0.2) is 4.39 Å². The average Bonchev–Trinajstić information content (AvgIpc) is 2.48. The number of nitrogens with zero attached hydrogens (tertiary/aromatic N) is 2. The number of fused-ring (bicyclic) bond motifs is 1. The van der Waals surface area contributed by atoms with Crippen LogP contribution in [0, 0.1) is 5.82 Å². The molecule has 0 saturated carbocycles. The van der Waals surface area contributed by atoms with E-state index in [2.05, 4.69) is 15.3 Å². The number of halogens is 1. The normalized spacial score (nSPS) is 12.5. The third-order valence-corrected chi connectivity index (χ3v) is 3.34. The van der Waals surface area contributed by atoms with Crippen LogP contribution in [0.15, 0.2) is 55.0 Å². The molecule has 3 rings (SSSR count). The predicted molar refractivity (Wildman–Crippen MR) is 76.8 cm³/mol. The van der Waals surface area contributed by atoms with Crippen LogP contribution < -0.4 is 5.32 Å². The highest BCUT2D eigenvalue weighted by atomic mass is 19.1. The number of aromatic nitrogens is 2. The summed E-state index contributed by atoms with van der Waals surface area (Å²) >= 11 is 0. The average molecular weight is 267 g/mol. The van der Waals surface area contributed by atoms with Gasteiger partial charge in [0.15, 0.2) is 0 Å². The van der Waals surface area contributed by atoms with E-state index in [0.717, 1.165) is 22.0 Å². The van der Waals surface area contributed by atoms with Crippen molar-refractivity contribution in [3.8, 4) is 0 Å². The van der Waals surface area contributed by atoms with Gasteiger partial charge < -0.3 is 5.32 Å². The molecular weight excluding hydrogens is 253 g/mol. The van der Waals surface area contributed by atoms with Crippen molar-refractivity contribution in [3.63, 3.8) is 0 Å². The van der Waals surface area contributed by atoms with Crippen LogP contribution in [-0.4, -0.2) is 17.0 Å². The molecule has 1 unspecified atom stereocenters. The van der Waals surface area contributed by atoms with Crippen molar-refractivity contribution in [3.05, 3.63) is 71.9 Å². The van der Waals surface area contributed by atoms with E-state index in [9.17, 15) is 4.39 Å². The summed E-state index contributed by atoms with van der Waals surface area (Å²) in [6, 6.07) is 11.3. The summed E-state index contributed by atoms with van der Waals surface area (Å²) in [5.74, 6) is -0.332. The van der Waals surface area contributed by atoms with Crippen LogP contribution in [0.2, 0.25) is 0 Å². The van der Waals surface area contributed by atoms with Gasteiger partial charge in [0, 0.05) is 17.8 Å². The third-order valence-electron chi connectivity index (χ3n) is 3.34. The second kappa shape index (κ2) is 5.35. The van der Waals surface area contributed by atoms with Crippen molar-refractivity contribution in [1.82, 2.24) is 15.3 Å². The lowest BCUT2D eigenvalue weighted by atomic mass is 9.96. The summed E-state index contributed by atoms with van der Waals surface area (Å²) < 4.78 is 13.4. The summed E-state index contributed by atoms with van der Waals surface area (Å²) in [4.78, 5) is 8.28. The predicted octanol–water partition coefficient (Wildman–Crippen LogP) is 3.08. The van der Waals surface area contributed by atoms with Crippen molar-refractivity contribution in [2.24, 2.45) is 0 Å². The maximum absolute atomic E-state index is 13.4. The number of pyridine rings is 2. The zero-order valence-corrected chi connectivity index (χ0v) is 11.0. The molecule has 3 nitrogen and oxygen atoms in total. The minimum atomic E-state index is -0.332. The van der Waals surface area contributed by atoms with Crippen LogP contribution in [0.3, 0.4) is 0 Å². The molecule has 0 bridgehead atoms. The van der Waals surface area contributed by atoms with Crippen LogP contribution in [0.5, 0.6) is 0 Å². The van der Waals surface area contributed by atoms with Gasteiger partial charge in [-0.05, 0) is 36.4 Å². The first-order chi connectivity index (χ1) is 9.79. The van der Waals surface area contributed by atoms with E-state index < -0.39 is 0 Å². The second-order valence-corrected chi connectivity index (χ2v) is 4.58. The first kappa shape index (κ1) is 12.7. The van der Waals surface area contributed by atoms with Crippen LogP contribution in [-0.2, 0) is 0 Å². The molecule has 0 saturated heterocycles. The molecule has 1 aromatic carbocycles. The Kier molecular flexibility index (Phi) is 3.39. The van der Waals surface area contributed by atoms with E-state index in [-0.39, 0.29) is 11.9 Å². The summed E-state index contributed by atoms with van der Waals surface area (Å²) in [6.45, 7) is 0. The molecule has 0 radical (unpaired) electrons. The van der Waals surface area contributed by atoms with Gasteiger partial charge in [-0.15, -0.1) is 0 Å². The van der Waals surface area contributed by atoms with Crippen LogP contribution in [0.1, 0.15) is 17.2 Å². The van der Waals surface area contributed by atoms with E-state index >= 15 is 0 Å². The molecule has 0 aliphatic heterocycles. The maximum Gasteiger partial charge on any atom is 0.141 e. The molecule has 1 atom stereocenters. The summed E-state index contributed by atoms with van der Waals surface area (Å²) in [5.41, 5.74) is 2.78. The Morgan fingerprint density at radius 3 is 2.85 bits per heavy atom. The van der Waals surface area contributed by atoms with Crippen molar-refractivity contribution >= 4 is 10.9 Å². The molecule has 100 valence electrons. The lowest BCUT2D eigenvalue weighted by Gasteiger charge is -2.18. The molecule has 20 heavy (non-hydrogen) atoms. The summed E-state index contributed by atoms with van der Waals surface area (Å²) in [5, 5.41) is 4.27. The fourth-order valence-corrected chi connectivity index (χ4v) is 2.47. The summed E-state index contributed by atoms with van der Waals surface area (Å²) in [6.07, 6.45) is 4.66. The van der Waals surface area contributed by atoms with Crippen molar-refractivity contribution in [1.29, 1.82) is 0 Å². The van der Waals surface area contributed by atoms with Gasteiger partial charge in [0.2, 0.25) is 0 Å². The van der Waals surface area contributed by atoms with Crippen molar-refractivity contribution in [2.75, 3.05) is 7.05 Å². The Morgan fingerprint density at radius 1 is 1.15 bits per heavy atom. The monoisotopic (exact) mass is 267 g/mol. The minimum Gasteiger partial charge on any atom is -0.309 e. The molecular formula is C16H14FN3. The molecule has 0 amide bonds. The first-order valence-electron chi connectivity index (χ1n) is 6.41. The van der Waals surface area contributed by atoms with Gasteiger partial charge in [0.05, 0.1) is 17.8 Å². The lowest BCUT2D eigenvalue weighted by molar-refractivity contribution is 0.609. The number of nitrogens with one attached hydrogen (secondary N) is 1. The Labute approximate surface area is 116 Å². The van der Waals surface area contributed by atoms with E-state index in [1.165, 1.54) is 12.3 Å². The Hall–Kier alpha value is -2.33. The van der Waals surface area contributed by atoms with Gasteiger partial charge in [-0.2, -0.15) is 0 Å². The molecule has 3 aromatic rings. The smallest absolute Gasteiger partial charge is 0.141 e. The Balaban J connectivity index is 2.17. The Morgan fingerprint density at radius 2 is 2.05 bits per heavy atom. The maximum atomic E-state index is 13.4. The van der Waals surface area contributed by atoms with E-state index in [1.54, 1.807) is 12.4 Å². The molecule has 0 fully saturated rings. The topological polar surface area (TPSA) is 37.8 Å². The number of benzene rings is 1. The fourth-order valence-electron chi connectivity index (χ4n) is 2.47. The third kappa shape index (κ3) is 2.26. The number of rotatable bonds is 3. The van der Waals surface area contributed by atoms with E-state index in [0.29, 0.717) is 0 Å². The molecule has 0 aliphatic carbocycles. The highest BCUT2D eigenvalue weighted by Crippen LogP contribution is 2.27. The van der Waals surface area contributed by atoms with Crippen LogP contribution in [0.25, 0.3) is 10.9 Å². The summed E-state index contributed by atoms with van der Waals surface area (Å²) in [7, 11) is 1.85. The van der Waals surface area contributed by atoms with Crippen LogP contribution in [0.4, 0.5) is 4.39 Å². The standard InChI is InChI=1S/C16H14FN3/c1-18-16(11-8-12(17)10-19-9-11)14-4-2-6-15-13(14)5-3-7-20-15/h2-10,16,18H,1H3. The molecule has 0 aliphatic rings. The van der Waals surface area contributed by atoms with E-state index in [4.69, 9.17) is 0 Å². The first-order valence-corrected chi connectivity index (χ1v) is 6.41. The lowest BCUT2D eigenvalue weighted by Crippen LogP contribution is -2.18. The van der Waals surface area contributed by atoms with Gasteiger partial charge in [-0.3, -0.25) is 9.97 Å². The van der Waals surface area contributed by atoms with Crippen molar-refractivity contribution < 1.29 is 4.39 Å². The van der Waals surface area contributed by atoms with Gasteiger partial charge >= 0.3 is 0 Å². The largest absolute Gasteiger partial charge is 0.309 e. The zero-order valence-electron chi connectivity index (χ0n) is 11.0. The highest BCUT2D eigenvalue weighted by molar-refractivity contribution is 5.82. The van der Waals surface area contributed by atoms with Crippen LogP contribution >= 0.6 is 0 Å². The zero-order chi connectivity index (χ0) is 13.9. The second-order valence-electron chi connectivity index (χ2n) is 4.58. The van der Waals surface area contributed by atoms with Gasteiger partial charge in [0.25, 0.3) is 0 Å². The van der Waals surface area contributed by atoms with Gasteiger partial charge in [-0.1, -0.05) is 18.2 Å². The van der Waals surface area contributed by atoms with Crippen molar-refractivity contribution in [2.45, 2.75) is 6.04 Å². The quantitative estimate of drug-likeness (QED) is 0.792. The molecule has 0 spiro atoms. The molecule has 1 N–H and O–H groups in total. The highest BCUT2D eigenvalue weighted by Gasteiger charge is 2.15. The SMILES string of the molecule is CNC(c1cncc(F)c1)c1cccc2ncccc12. The molecule has 2 heterocycles. The number of hydrogen-bond donors (Lipinski definition) is 1. The molecule has 2 aromatic heterocycles. The minimum absolute atomic E-state index is 0.119. The van der Waals surface area contributed by atoms with E-state index in [1.807, 2.05) is 37.4 Å². The Bertz CT molecular complexity index is 737.